The smallest absolute Gasteiger partial charge is 0.125 e. The van der Waals surface area contributed by atoms with Crippen LogP contribution in [0, 0.1) is 17.1 Å². The van der Waals surface area contributed by atoms with E-state index in [1.165, 1.54) is 25.0 Å². The Kier molecular flexibility index (Phi) is 4.40. The maximum absolute atomic E-state index is 13.3. The molecule has 0 spiro atoms. The molecule has 104 valence electrons. The Morgan fingerprint density at radius 2 is 2.21 bits per heavy atom. The van der Waals surface area contributed by atoms with E-state index in [2.05, 4.69) is 11.8 Å². The summed E-state index contributed by atoms with van der Waals surface area (Å²) in [7, 11) is 0. The summed E-state index contributed by atoms with van der Waals surface area (Å²) in [6.45, 7) is 4.16. The molecule has 1 atom stereocenters. The molecule has 0 radical (unpaired) electrons. The van der Waals surface area contributed by atoms with E-state index in [1.54, 1.807) is 6.07 Å². The van der Waals surface area contributed by atoms with Crippen LogP contribution in [0.1, 0.15) is 38.2 Å². The van der Waals surface area contributed by atoms with Gasteiger partial charge in [0.1, 0.15) is 11.7 Å². The highest BCUT2D eigenvalue weighted by Crippen LogP contribution is 2.27. The van der Waals surface area contributed by atoms with Crippen molar-refractivity contribution in [1.29, 1.82) is 5.41 Å². The van der Waals surface area contributed by atoms with Gasteiger partial charge >= 0.3 is 0 Å². The highest BCUT2D eigenvalue weighted by molar-refractivity contribution is 6.00. The van der Waals surface area contributed by atoms with Crippen molar-refractivity contribution in [3.8, 4) is 0 Å². The fraction of sp³-hybridized carbons (Fsp3) is 0.533. The van der Waals surface area contributed by atoms with E-state index in [9.17, 15) is 4.39 Å². The average Bonchev–Trinajstić information content (AvgIpc) is 2.63. The van der Waals surface area contributed by atoms with Gasteiger partial charge in [-0.15, -0.1) is 0 Å². The zero-order valence-electron chi connectivity index (χ0n) is 11.5. The third kappa shape index (κ3) is 3.25. The number of nitrogens with two attached hydrogens (primary N) is 1. The van der Waals surface area contributed by atoms with Gasteiger partial charge in [0, 0.05) is 24.3 Å². The van der Waals surface area contributed by atoms with Crippen LogP contribution in [0.25, 0.3) is 0 Å². The van der Waals surface area contributed by atoms with Crippen LogP contribution in [-0.4, -0.2) is 18.9 Å². The van der Waals surface area contributed by atoms with Gasteiger partial charge < -0.3 is 10.6 Å². The molecule has 1 heterocycles. The number of nitrogens with one attached hydrogen (secondary N) is 1. The highest BCUT2D eigenvalue weighted by Gasteiger charge is 2.19. The molecule has 1 aliphatic heterocycles. The molecule has 1 saturated heterocycles. The topological polar surface area (TPSA) is 53.1 Å². The van der Waals surface area contributed by atoms with E-state index in [-0.39, 0.29) is 11.7 Å². The zero-order chi connectivity index (χ0) is 13.8. The van der Waals surface area contributed by atoms with Crippen LogP contribution < -0.4 is 10.6 Å². The number of hydrogen-bond donors (Lipinski definition) is 2. The molecular weight excluding hydrogens is 241 g/mol. The monoisotopic (exact) mass is 263 g/mol. The summed E-state index contributed by atoms with van der Waals surface area (Å²) in [5.74, 6) is 0.382. The Bertz CT molecular complexity index is 459. The molecule has 3 nitrogen and oxygen atoms in total. The van der Waals surface area contributed by atoms with Crippen LogP contribution >= 0.6 is 0 Å². The number of benzene rings is 1. The van der Waals surface area contributed by atoms with Gasteiger partial charge in [-0.05, 0) is 43.4 Å². The van der Waals surface area contributed by atoms with Crippen LogP contribution in [0.3, 0.4) is 0 Å². The Morgan fingerprint density at radius 1 is 1.42 bits per heavy atom. The molecule has 0 amide bonds. The number of nitrogen functional groups attached to an aromatic ring is 1. The van der Waals surface area contributed by atoms with Gasteiger partial charge in [-0.25, -0.2) is 4.39 Å². The minimum Gasteiger partial charge on any atom is -0.384 e. The normalized spacial score (nSPS) is 20.1. The molecule has 1 aliphatic rings. The number of rotatable bonds is 3. The standard InChI is InChI=1S/C15H22FN3/c1-2-11-4-3-8-19(9-7-11)14-6-5-12(16)10-13(14)15(17)18/h5-6,10-11H,2-4,7-9H2,1H3,(H3,17,18). The van der Waals surface area contributed by atoms with Crippen LogP contribution in [0.15, 0.2) is 18.2 Å². The number of nitrogens with zero attached hydrogens (tertiary/aromatic N) is 1. The molecule has 1 aromatic rings. The first-order chi connectivity index (χ1) is 9.11. The van der Waals surface area contributed by atoms with Gasteiger partial charge in [-0.1, -0.05) is 13.3 Å². The van der Waals surface area contributed by atoms with Crippen molar-refractivity contribution in [2.75, 3.05) is 18.0 Å². The van der Waals surface area contributed by atoms with Crippen molar-refractivity contribution in [1.82, 2.24) is 0 Å². The van der Waals surface area contributed by atoms with Gasteiger partial charge in [0.2, 0.25) is 0 Å². The largest absolute Gasteiger partial charge is 0.384 e. The van der Waals surface area contributed by atoms with Crippen molar-refractivity contribution in [3.05, 3.63) is 29.6 Å². The Hall–Kier alpha value is -1.58. The van der Waals surface area contributed by atoms with Crippen LogP contribution in [-0.2, 0) is 0 Å². The van der Waals surface area contributed by atoms with Gasteiger partial charge in [0.25, 0.3) is 0 Å². The third-order valence-electron chi connectivity index (χ3n) is 4.01. The maximum atomic E-state index is 13.3. The third-order valence-corrected chi connectivity index (χ3v) is 4.01. The molecule has 0 aromatic heterocycles. The SMILES string of the molecule is CCC1CCCN(c2ccc(F)cc2C(=N)N)CC1. The van der Waals surface area contributed by atoms with Gasteiger partial charge in [0.05, 0.1) is 0 Å². The second-order valence-corrected chi connectivity index (χ2v) is 5.27. The molecule has 1 aromatic carbocycles. The molecule has 0 bridgehead atoms. The molecule has 0 aliphatic carbocycles. The summed E-state index contributed by atoms with van der Waals surface area (Å²) in [6, 6.07) is 4.56. The lowest BCUT2D eigenvalue weighted by Crippen LogP contribution is -2.27. The fourth-order valence-corrected chi connectivity index (χ4v) is 2.81. The molecule has 0 saturated carbocycles. The summed E-state index contributed by atoms with van der Waals surface area (Å²) in [4.78, 5) is 2.24. The molecule has 2 rings (SSSR count). The predicted molar refractivity (Wildman–Crippen MR) is 77.3 cm³/mol. The first-order valence-electron chi connectivity index (χ1n) is 7.00. The summed E-state index contributed by atoms with van der Waals surface area (Å²) in [5, 5.41) is 7.61. The second-order valence-electron chi connectivity index (χ2n) is 5.27. The summed E-state index contributed by atoms with van der Waals surface area (Å²) >= 11 is 0. The van der Waals surface area contributed by atoms with Gasteiger partial charge in [-0.2, -0.15) is 0 Å². The Morgan fingerprint density at radius 3 is 2.89 bits per heavy atom. The molecule has 1 fully saturated rings. The van der Waals surface area contributed by atoms with E-state index in [4.69, 9.17) is 11.1 Å². The summed E-state index contributed by atoms with van der Waals surface area (Å²) in [5.41, 5.74) is 6.98. The summed E-state index contributed by atoms with van der Waals surface area (Å²) in [6.07, 6.45) is 4.78. The summed E-state index contributed by atoms with van der Waals surface area (Å²) < 4.78 is 13.3. The Labute approximate surface area is 114 Å². The molecule has 4 heteroatoms. The van der Waals surface area contributed by atoms with E-state index >= 15 is 0 Å². The fourth-order valence-electron chi connectivity index (χ4n) is 2.81. The van der Waals surface area contributed by atoms with Crippen LogP contribution in [0.2, 0.25) is 0 Å². The van der Waals surface area contributed by atoms with Crippen LogP contribution in [0.4, 0.5) is 10.1 Å². The van der Waals surface area contributed by atoms with Gasteiger partial charge in [-0.3, -0.25) is 5.41 Å². The minimum absolute atomic E-state index is 0.0641. The first kappa shape index (κ1) is 13.8. The zero-order valence-corrected chi connectivity index (χ0v) is 11.5. The molecule has 3 N–H and O–H groups in total. The number of amidine groups is 1. The minimum atomic E-state index is -0.338. The quantitative estimate of drug-likeness (QED) is 0.650. The number of hydrogen-bond acceptors (Lipinski definition) is 2. The first-order valence-corrected chi connectivity index (χ1v) is 7.00. The van der Waals surface area contributed by atoms with Gasteiger partial charge in [0.15, 0.2) is 0 Å². The predicted octanol–water partition coefficient (Wildman–Crippen LogP) is 3.13. The number of anilines is 1. The molecule has 1 unspecified atom stereocenters. The van der Waals surface area contributed by atoms with Crippen molar-refractivity contribution in [2.45, 2.75) is 32.6 Å². The molecule has 19 heavy (non-hydrogen) atoms. The van der Waals surface area contributed by atoms with E-state index in [0.717, 1.165) is 37.5 Å². The Balaban J connectivity index is 2.23. The lowest BCUT2D eigenvalue weighted by atomic mass is 9.98. The van der Waals surface area contributed by atoms with E-state index in [0.29, 0.717) is 5.56 Å². The number of halogens is 1. The van der Waals surface area contributed by atoms with Crippen molar-refractivity contribution in [2.24, 2.45) is 11.7 Å². The van der Waals surface area contributed by atoms with Crippen LogP contribution in [0.5, 0.6) is 0 Å². The lowest BCUT2D eigenvalue weighted by molar-refractivity contribution is 0.459. The van der Waals surface area contributed by atoms with Crippen molar-refractivity contribution >= 4 is 11.5 Å². The highest BCUT2D eigenvalue weighted by atomic mass is 19.1. The van der Waals surface area contributed by atoms with E-state index in [1.807, 2.05) is 0 Å². The lowest BCUT2D eigenvalue weighted by Gasteiger charge is -2.25. The maximum Gasteiger partial charge on any atom is 0.125 e. The average molecular weight is 263 g/mol. The van der Waals surface area contributed by atoms with Crippen molar-refractivity contribution in [3.63, 3.8) is 0 Å². The van der Waals surface area contributed by atoms with Crippen molar-refractivity contribution < 1.29 is 4.39 Å². The second kappa shape index (κ2) is 6.04. The van der Waals surface area contributed by atoms with E-state index < -0.39 is 0 Å². The molecular formula is C15H22FN3.